The Hall–Kier alpha value is -2.80. The summed E-state index contributed by atoms with van der Waals surface area (Å²) < 4.78 is 5.60. The van der Waals surface area contributed by atoms with E-state index in [-0.39, 0.29) is 11.7 Å². The highest BCUT2D eigenvalue weighted by molar-refractivity contribution is 7.99. The number of hydrogen-bond donors (Lipinski definition) is 1. The predicted molar refractivity (Wildman–Crippen MR) is 114 cm³/mol. The van der Waals surface area contributed by atoms with Crippen LogP contribution >= 0.6 is 11.8 Å². The van der Waals surface area contributed by atoms with Gasteiger partial charge >= 0.3 is 0 Å². The SMILES string of the molecule is CCN(c1ccc(NC(=O)CSc2nnc(-c3ccccc3)o2)cc1)C(C)C. The molecule has 6 nitrogen and oxygen atoms in total. The summed E-state index contributed by atoms with van der Waals surface area (Å²) >= 11 is 1.22. The zero-order valence-corrected chi connectivity index (χ0v) is 17.1. The summed E-state index contributed by atoms with van der Waals surface area (Å²) in [6.07, 6.45) is 0. The fourth-order valence-corrected chi connectivity index (χ4v) is 3.44. The summed E-state index contributed by atoms with van der Waals surface area (Å²) in [7, 11) is 0. The minimum absolute atomic E-state index is 0.117. The van der Waals surface area contributed by atoms with E-state index in [0.29, 0.717) is 17.2 Å². The molecule has 146 valence electrons. The summed E-state index contributed by atoms with van der Waals surface area (Å²) in [6.45, 7) is 7.40. The van der Waals surface area contributed by atoms with Gasteiger partial charge < -0.3 is 14.6 Å². The lowest BCUT2D eigenvalue weighted by molar-refractivity contribution is -0.113. The normalized spacial score (nSPS) is 10.9. The molecule has 1 amide bonds. The second-order valence-corrected chi connectivity index (χ2v) is 7.43. The Labute approximate surface area is 169 Å². The zero-order chi connectivity index (χ0) is 19.9. The molecule has 28 heavy (non-hydrogen) atoms. The average Bonchev–Trinajstić information content (AvgIpc) is 3.18. The molecule has 1 N–H and O–H groups in total. The summed E-state index contributed by atoms with van der Waals surface area (Å²) in [4.78, 5) is 14.5. The fraction of sp³-hybridized carbons (Fsp3) is 0.286. The van der Waals surface area contributed by atoms with Crippen LogP contribution in [-0.4, -0.2) is 34.4 Å². The number of anilines is 2. The minimum Gasteiger partial charge on any atom is -0.411 e. The van der Waals surface area contributed by atoms with Crippen molar-refractivity contribution < 1.29 is 9.21 Å². The molecule has 1 heterocycles. The summed E-state index contributed by atoms with van der Waals surface area (Å²) in [5.74, 6) is 0.531. The van der Waals surface area contributed by atoms with Gasteiger partial charge in [-0.2, -0.15) is 0 Å². The summed E-state index contributed by atoms with van der Waals surface area (Å²) in [5, 5.41) is 11.3. The third kappa shape index (κ3) is 5.13. The molecular weight excluding hydrogens is 372 g/mol. The van der Waals surface area contributed by atoms with E-state index in [1.807, 2.05) is 54.6 Å². The van der Waals surface area contributed by atoms with Crippen molar-refractivity contribution in [3.8, 4) is 11.5 Å². The maximum absolute atomic E-state index is 12.2. The van der Waals surface area contributed by atoms with Crippen LogP contribution < -0.4 is 10.2 Å². The summed E-state index contributed by atoms with van der Waals surface area (Å²) in [5.41, 5.74) is 2.77. The van der Waals surface area contributed by atoms with Crippen LogP contribution in [0.1, 0.15) is 20.8 Å². The van der Waals surface area contributed by atoms with Gasteiger partial charge in [0.2, 0.25) is 11.8 Å². The minimum atomic E-state index is -0.117. The number of rotatable bonds is 8. The first-order chi connectivity index (χ1) is 13.6. The quantitative estimate of drug-likeness (QED) is 0.557. The first-order valence-corrected chi connectivity index (χ1v) is 10.2. The van der Waals surface area contributed by atoms with Crippen molar-refractivity contribution in [3.63, 3.8) is 0 Å². The number of thioether (sulfide) groups is 1. The molecule has 0 saturated carbocycles. The number of nitrogens with zero attached hydrogens (tertiary/aromatic N) is 3. The second kappa shape index (κ2) is 9.41. The number of aromatic nitrogens is 2. The summed E-state index contributed by atoms with van der Waals surface area (Å²) in [6, 6.07) is 17.9. The fourth-order valence-electron chi connectivity index (χ4n) is 2.87. The van der Waals surface area contributed by atoms with Gasteiger partial charge in [-0.05, 0) is 57.2 Å². The number of nitrogens with one attached hydrogen (secondary N) is 1. The van der Waals surface area contributed by atoms with Crippen molar-refractivity contribution in [1.82, 2.24) is 10.2 Å². The Morgan fingerprint density at radius 1 is 1.11 bits per heavy atom. The number of carbonyl (C=O) groups is 1. The molecule has 0 fully saturated rings. The second-order valence-electron chi connectivity index (χ2n) is 6.50. The van der Waals surface area contributed by atoms with Gasteiger partial charge in [0.15, 0.2) is 0 Å². The maximum Gasteiger partial charge on any atom is 0.277 e. The smallest absolute Gasteiger partial charge is 0.277 e. The van der Waals surface area contributed by atoms with E-state index < -0.39 is 0 Å². The van der Waals surface area contributed by atoms with E-state index in [4.69, 9.17) is 4.42 Å². The van der Waals surface area contributed by atoms with Gasteiger partial charge in [-0.15, -0.1) is 10.2 Å². The third-order valence-corrected chi connectivity index (χ3v) is 5.02. The molecule has 0 bridgehead atoms. The van der Waals surface area contributed by atoms with Crippen molar-refractivity contribution in [3.05, 3.63) is 54.6 Å². The maximum atomic E-state index is 12.2. The highest BCUT2D eigenvalue weighted by Crippen LogP contribution is 2.23. The standard InChI is InChI=1S/C21H24N4O2S/c1-4-25(15(2)3)18-12-10-17(11-13-18)22-19(26)14-28-21-24-23-20(27-21)16-8-6-5-7-9-16/h5-13,15H,4,14H2,1-3H3,(H,22,26). The molecule has 7 heteroatoms. The monoisotopic (exact) mass is 396 g/mol. The van der Waals surface area contributed by atoms with Crippen LogP contribution in [0.25, 0.3) is 11.5 Å². The first-order valence-electron chi connectivity index (χ1n) is 9.25. The van der Waals surface area contributed by atoms with E-state index in [9.17, 15) is 4.79 Å². The van der Waals surface area contributed by atoms with E-state index in [1.165, 1.54) is 11.8 Å². The molecule has 0 aliphatic heterocycles. The number of amides is 1. The van der Waals surface area contributed by atoms with Crippen LogP contribution in [0.3, 0.4) is 0 Å². The average molecular weight is 397 g/mol. The van der Waals surface area contributed by atoms with E-state index in [0.717, 1.165) is 23.5 Å². The molecule has 0 aliphatic rings. The van der Waals surface area contributed by atoms with Crippen LogP contribution in [0.4, 0.5) is 11.4 Å². The van der Waals surface area contributed by atoms with Crippen LogP contribution in [-0.2, 0) is 4.79 Å². The number of benzene rings is 2. The van der Waals surface area contributed by atoms with Gasteiger partial charge in [0, 0.05) is 29.5 Å². The van der Waals surface area contributed by atoms with Crippen molar-refractivity contribution in [2.45, 2.75) is 32.0 Å². The molecule has 0 radical (unpaired) electrons. The van der Waals surface area contributed by atoms with Gasteiger partial charge in [-0.1, -0.05) is 30.0 Å². The van der Waals surface area contributed by atoms with Gasteiger partial charge in [0.05, 0.1) is 5.75 Å². The van der Waals surface area contributed by atoms with Crippen molar-refractivity contribution in [1.29, 1.82) is 0 Å². The molecule has 3 rings (SSSR count). The topological polar surface area (TPSA) is 71.3 Å². The van der Waals surface area contributed by atoms with E-state index >= 15 is 0 Å². The molecule has 3 aromatic rings. The Bertz CT molecular complexity index is 894. The molecule has 1 aromatic heterocycles. The first kappa shape index (κ1) is 19.9. The third-order valence-electron chi connectivity index (χ3n) is 4.20. The predicted octanol–water partition coefficient (Wildman–Crippen LogP) is 4.70. The lowest BCUT2D eigenvalue weighted by Gasteiger charge is -2.27. The lowest BCUT2D eigenvalue weighted by Crippen LogP contribution is -2.30. The number of carbonyl (C=O) groups excluding carboxylic acids is 1. The van der Waals surface area contributed by atoms with Gasteiger partial charge in [-0.3, -0.25) is 4.79 Å². The largest absolute Gasteiger partial charge is 0.411 e. The molecule has 0 spiro atoms. The lowest BCUT2D eigenvalue weighted by atomic mass is 10.2. The highest BCUT2D eigenvalue weighted by atomic mass is 32.2. The molecule has 0 aliphatic carbocycles. The van der Waals surface area contributed by atoms with Crippen molar-refractivity contribution in [2.75, 3.05) is 22.5 Å². The van der Waals surface area contributed by atoms with Crippen LogP contribution in [0.2, 0.25) is 0 Å². The molecule has 0 unspecified atom stereocenters. The molecule has 2 aromatic carbocycles. The van der Waals surface area contributed by atoms with Crippen LogP contribution in [0, 0.1) is 0 Å². The van der Waals surface area contributed by atoms with Gasteiger partial charge in [0.1, 0.15) is 0 Å². The molecule has 0 atom stereocenters. The van der Waals surface area contributed by atoms with E-state index in [1.54, 1.807) is 0 Å². The zero-order valence-electron chi connectivity index (χ0n) is 16.3. The Morgan fingerprint density at radius 2 is 1.82 bits per heavy atom. The van der Waals surface area contributed by atoms with Crippen LogP contribution in [0.15, 0.2) is 64.2 Å². The van der Waals surface area contributed by atoms with Crippen LogP contribution in [0.5, 0.6) is 0 Å². The van der Waals surface area contributed by atoms with Gasteiger partial charge in [-0.25, -0.2) is 0 Å². The molecule has 0 saturated heterocycles. The Morgan fingerprint density at radius 3 is 2.46 bits per heavy atom. The van der Waals surface area contributed by atoms with E-state index in [2.05, 4.69) is 41.2 Å². The van der Waals surface area contributed by atoms with Crippen molar-refractivity contribution in [2.24, 2.45) is 0 Å². The molecular formula is C21H24N4O2S. The number of hydrogen-bond acceptors (Lipinski definition) is 6. The van der Waals surface area contributed by atoms with Crippen molar-refractivity contribution >= 4 is 29.0 Å². The Balaban J connectivity index is 1.53. The van der Waals surface area contributed by atoms with Gasteiger partial charge in [0.25, 0.3) is 5.22 Å². The Kier molecular flexibility index (Phi) is 6.71. The highest BCUT2D eigenvalue weighted by Gasteiger charge is 2.12.